The van der Waals surface area contributed by atoms with Crippen molar-refractivity contribution in [3.8, 4) is 0 Å². The molecule has 0 saturated carbocycles. The van der Waals surface area contributed by atoms with Gasteiger partial charge in [-0.25, -0.2) is 0 Å². The molecule has 124 valence electrons. The van der Waals surface area contributed by atoms with Crippen molar-refractivity contribution in [1.82, 2.24) is 14.8 Å². The molecule has 1 N–H and O–H groups in total. The Bertz CT molecular complexity index is 713. The summed E-state index contributed by atoms with van der Waals surface area (Å²) in [6, 6.07) is 7.55. The van der Waals surface area contributed by atoms with Gasteiger partial charge in [0, 0.05) is 48.5 Å². The van der Waals surface area contributed by atoms with Gasteiger partial charge in [0.05, 0.1) is 13.2 Å². The Hall–Kier alpha value is -1.56. The number of rotatable bonds is 3. The number of carbonyl (C=O) groups is 1. The molecule has 1 fully saturated rings. The highest BCUT2D eigenvalue weighted by Crippen LogP contribution is 2.26. The topological polar surface area (TPSA) is 46.5 Å². The van der Waals surface area contributed by atoms with Crippen molar-refractivity contribution >= 4 is 28.4 Å². The number of benzene rings is 1. The van der Waals surface area contributed by atoms with Crippen molar-refractivity contribution in [3.63, 3.8) is 0 Å². The molecule has 0 bridgehead atoms. The zero-order chi connectivity index (χ0) is 16.4. The van der Waals surface area contributed by atoms with E-state index in [4.69, 9.17) is 16.3 Å². The van der Waals surface area contributed by atoms with Crippen molar-refractivity contribution in [2.75, 3.05) is 39.9 Å². The van der Waals surface area contributed by atoms with E-state index >= 15 is 0 Å². The molecule has 5 nitrogen and oxygen atoms in total. The van der Waals surface area contributed by atoms with Crippen molar-refractivity contribution in [2.45, 2.75) is 0 Å². The second kappa shape index (κ2) is 6.91. The Labute approximate surface area is 141 Å². The predicted molar refractivity (Wildman–Crippen MR) is 92.1 cm³/mol. The van der Waals surface area contributed by atoms with Crippen molar-refractivity contribution in [3.05, 3.63) is 35.0 Å². The van der Waals surface area contributed by atoms with Crippen LogP contribution in [0.3, 0.4) is 0 Å². The van der Waals surface area contributed by atoms with E-state index in [0.717, 1.165) is 30.6 Å². The van der Waals surface area contributed by atoms with Crippen LogP contribution < -0.4 is 5.32 Å². The lowest BCUT2D eigenvalue weighted by molar-refractivity contribution is 0.0914. The fraction of sp³-hybridized carbons (Fsp3) is 0.471. The Kier molecular flexibility index (Phi) is 4.90. The normalized spacial score (nSPS) is 19.7. The maximum Gasteiger partial charge on any atom is 0.267 e. The molecule has 1 atom stereocenters. The van der Waals surface area contributed by atoms with Crippen molar-refractivity contribution < 1.29 is 9.53 Å². The maximum absolute atomic E-state index is 12.5. The molecule has 0 radical (unpaired) electrons. The van der Waals surface area contributed by atoms with Gasteiger partial charge in [0.25, 0.3) is 5.91 Å². The van der Waals surface area contributed by atoms with E-state index in [-0.39, 0.29) is 5.91 Å². The molecule has 1 amide bonds. The molecule has 23 heavy (non-hydrogen) atoms. The third kappa shape index (κ3) is 3.52. The number of nitrogens with zero attached hydrogens (tertiary/aromatic N) is 2. The molecule has 2 heterocycles. The van der Waals surface area contributed by atoms with Gasteiger partial charge in [0.2, 0.25) is 0 Å². The molecular formula is C17H22ClN3O2. The Morgan fingerprint density at radius 3 is 3.04 bits per heavy atom. The highest BCUT2D eigenvalue weighted by molar-refractivity contribution is 6.35. The summed E-state index contributed by atoms with van der Waals surface area (Å²) in [5.74, 6) is 0.233. The van der Waals surface area contributed by atoms with Crippen LogP contribution in [0.1, 0.15) is 10.5 Å². The first-order valence-corrected chi connectivity index (χ1v) is 8.22. The fourth-order valence-electron chi connectivity index (χ4n) is 3.05. The number of nitrogens with one attached hydrogen (secondary N) is 1. The molecule has 1 aliphatic rings. The highest BCUT2D eigenvalue weighted by atomic mass is 35.5. The molecule has 0 aliphatic carbocycles. The first kappa shape index (κ1) is 16.3. The van der Waals surface area contributed by atoms with Gasteiger partial charge in [0.15, 0.2) is 0 Å². The number of hydrogen-bond acceptors (Lipinski definition) is 3. The predicted octanol–water partition coefficient (Wildman–Crippen LogP) is 2.14. The molecule has 1 aliphatic heterocycles. The zero-order valence-corrected chi connectivity index (χ0v) is 14.3. The third-order valence-corrected chi connectivity index (χ3v) is 4.69. The van der Waals surface area contributed by atoms with Gasteiger partial charge < -0.3 is 19.5 Å². The smallest absolute Gasteiger partial charge is 0.267 e. The number of aromatic nitrogens is 1. The third-order valence-electron chi connectivity index (χ3n) is 4.36. The Balaban J connectivity index is 1.71. The fourth-order valence-corrected chi connectivity index (χ4v) is 3.27. The van der Waals surface area contributed by atoms with E-state index < -0.39 is 0 Å². The van der Waals surface area contributed by atoms with E-state index in [0.29, 0.717) is 29.8 Å². The Morgan fingerprint density at radius 2 is 2.26 bits per heavy atom. The summed E-state index contributed by atoms with van der Waals surface area (Å²) in [6.45, 7) is 3.92. The van der Waals surface area contributed by atoms with Crippen LogP contribution in [0.4, 0.5) is 0 Å². The van der Waals surface area contributed by atoms with Gasteiger partial charge in [-0.2, -0.15) is 0 Å². The van der Waals surface area contributed by atoms with Crippen LogP contribution in [-0.2, 0) is 11.8 Å². The SMILES string of the molecule is CN1CCOCC(CNC(=O)c2cc3c(Cl)cccc3n2C)C1. The monoisotopic (exact) mass is 335 g/mol. The number of fused-ring (bicyclic) bond motifs is 1. The molecule has 1 saturated heterocycles. The van der Waals surface area contributed by atoms with E-state index in [2.05, 4.69) is 17.3 Å². The van der Waals surface area contributed by atoms with Crippen LogP contribution in [-0.4, -0.2) is 55.3 Å². The van der Waals surface area contributed by atoms with Gasteiger partial charge in [-0.05, 0) is 25.2 Å². The van der Waals surface area contributed by atoms with Gasteiger partial charge in [-0.15, -0.1) is 0 Å². The zero-order valence-electron chi connectivity index (χ0n) is 13.5. The van der Waals surface area contributed by atoms with Crippen LogP contribution in [0.2, 0.25) is 5.02 Å². The number of likely N-dealkylation sites (N-methyl/N-ethyl adjacent to an activating group) is 1. The second-order valence-electron chi connectivity index (χ2n) is 6.17. The average Bonchev–Trinajstić information content (AvgIpc) is 2.73. The lowest BCUT2D eigenvalue weighted by atomic mass is 10.1. The van der Waals surface area contributed by atoms with Gasteiger partial charge >= 0.3 is 0 Å². The number of aryl methyl sites for hydroxylation is 1. The second-order valence-corrected chi connectivity index (χ2v) is 6.58. The van der Waals surface area contributed by atoms with E-state index in [1.807, 2.05) is 35.9 Å². The van der Waals surface area contributed by atoms with Gasteiger partial charge in [0.1, 0.15) is 5.69 Å². The molecule has 0 spiro atoms. The van der Waals surface area contributed by atoms with Crippen molar-refractivity contribution in [1.29, 1.82) is 0 Å². The summed E-state index contributed by atoms with van der Waals surface area (Å²) in [7, 11) is 3.96. The number of carbonyl (C=O) groups excluding carboxylic acids is 1. The molecule has 1 unspecified atom stereocenters. The minimum absolute atomic E-state index is 0.0772. The molecular weight excluding hydrogens is 314 g/mol. The van der Waals surface area contributed by atoms with Crippen LogP contribution in [0.25, 0.3) is 10.9 Å². The summed E-state index contributed by atoms with van der Waals surface area (Å²) in [5.41, 5.74) is 1.58. The lowest BCUT2D eigenvalue weighted by Gasteiger charge is -2.19. The van der Waals surface area contributed by atoms with Crippen LogP contribution in [0.15, 0.2) is 24.3 Å². The quantitative estimate of drug-likeness (QED) is 0.934. The summed E-state index contributed by atoms with van der Waals surface area (Å²) < 4.78 is 7.47. The molecule has 3 rings (SSSR count). The summed E-state index contributed by atoms with van der Waals surface area (Å²) >= 11 is 6.21. The minimum Gasteiger partial charge on any atom is -0.380 e. The summed E-state index contributed by atoms with van der Waals surface area (Å²) in [6.07, 6.45) is 0. The summed E-state index contributed by atoms with van der Waals surface area (Å²) in [5, 5.41) is 4.59. The van der Waals surface area contributed by atoms with E-state index in [1.54, 1.807) is 0 Å². The number of halogens is 1. The van der Waals surface area contributed by atoms with E-state index in [1.165, 1.54) is 0 Å². The number of ether oxygens (including phenoxy) is 1. The standard InChI is InChI=1S/C17H22ClN3O2/c1-20-6-7-23-11-12(10-20)9-19-17(22)16-8-13-14(18)4-3-5-15(13)21(16)2/h3-5,8,12H,6-7,9-11H2,1-2H3,(H,19,22). The molecule has 1 aromatic carbocycles. The number of hydrogen-bond donors (Lipinski definition) is 1. The highest BCUT2D eigenvalue weighted by Gasteiger charge is 2.19. The maximum atomic E-state index is 12.5. The minimum atomic E-state index is -0.0772. The van der Waals surface area contributed by atoms with E-state index in [9.17, 15) is 4.79 Å². The average molecular weight is 336 g/mol. The molecule has 1 aromatic heterocycles. The lowest BCUT2D eigenvalue weighted by Crippen LogP contribution is -2.36. The number of amides is 1. The molecule has 2 aromatic rings. The largest absolute Gasteiger partial charge is 0.380 e. The van der Waals surface area contributed by atoms with Gasteiger partial charge in [-0.3, -0.25) is 4.79 Å². The van der Waals surface area contributed by atoms with Crippen LogP contribution >= 0.6 is 11.6 Å². The first-order chi connectivity index (χ1) is 11.1. The van der Waals surface area contributed by atoms with Crippen LogP contribution in [0.5, 0.6) is 0 Å². The first-order valence-electron chi connectivity index (χ1n) is 7.84. The van der Waals surface area contributed by atoms with Crippen LogP contribution in [0, 0.1) is 5.92 Å². The van der Waals surface area contributed by atoms with Gasteiger partial charge in [-0.1, -0.05) is 17.7 Å². The Morgan fingerprint density at radius 1 is 1.43 bits per heavy atom. The molecule has 6 heteroatoms. The van der Waals surface area contributed by atoms with Crippen molar-refractivity contribution in [2.24, 2.45) is 13.0 Å². The summed E-state index contributed by atoms with van der Waals surface area (Å²) in [4.78, 5) is 14.8.